The summed E-state index contributed by atoms with van der Waals surface area (Å²) in [6.07, 6.45) is 0. The minimum absolute atomic E-state index is 0.311. The molecule has 1 aromatic rings. The van der Waals surface area contributed by atoms with Crippen molar-refractivity contribution in [2.45, 2.75) is 0 Å². The van der Waals surface area contributed by atoms with Crippen LogP contribution in [0.5, 0.6) is 0 Å². The Kier molecular flexibility index (Phi) is 2.33. The van der Waals surface area contributed by atoms with Crippen molar-refractivity contribution in [1.82, 2.24) is 7.76 Å². The van der Waals surface area contributed by atoms with E-state index in [2.05, 4.69) is 21.3 Å². The number of halogens is 1. The van der Waals surface area contributed by atoms with Crippen LogP contribution in [0, 0.1) is 0 Å². The molecule has 0 aliphatic carbocycles. The highest BCUT2D eigenvalue weighted by atomic mass is 127. The van der Waals surface area contributed by atoms with Gasteiger partial charge >= 0.3 is 5.69 Å². The zero-order valence-electron chi connectivity index (χ0n) is 4.80. The Morgan fingerprint density at radius 3 is 2.70 bits per heavy atom. The van der Waals surface area contributed by atoms with Gasteiger partial charge in [-0.1, -0.05) is 4.56 Å². The predicted molar refractivity (Wildman–Crippen MR) is 46.1 cm³/mol. The van der Waals surface area contributed by atoms with Gasteiger partial charge in [0.05, 0.1) is 22.9 Å². The largest absolute Gasteiger partial charge is 0.336 e. The number of hydrogen-bond donors (Lipinski definition) is 1. The molecule has 4 nitrogen and oxygen atoms in total. The van der Waals surface area contributed by atoms with Crippen molar-refractivity contribution in [3.05, 3.63) is 26.9 Å². The Labute approximate surface area is 78.2 Å². The third-order valence-corrected chi connectivity index (χ3v) is 2.13. The van der Waals surface area contributed by atoms with Gasteiger partial charge < -0.3 is 4.98 Å². The van der Waals surface area contributed by atoms with Crippen LogP contribution in [0.15, 0.2) is 15.7 Å². The van der Waals surface area contributed by atoms with Gasteiger partial charge in [-0.3, -0.25) is 4.79 Å². The first-order valence-electron chi connectivity index (χ1n) is 2.39. The summed E-state index contributed by atoms with van der Waals surface area (Å²) < 4.78 is 1.48. The fourth-order valence-corrected chi connectivity index (χ4v) is 1.02. The molecular formula is C4H2AlIN2O2. The first kappa shape index (κ1) is 8.04. The van der Waals surface area contributed by atoms with Crippen molar-refractivity contribution >= 4 is 43.7 Å². The van der Waals surface area contributed by atoms with Crippen LogP contribution in [0.4, 0.5) is 0 Å². The van der Waals surface area contributed by atoms with Crippen molar-refractivity contribution in [1.29, 1.82) is 0 Å². The summed E-state index contributed by atoms with van der Waals surface area (Å²) in [4.78, 5) is 24.0. The van der Waals surface area contributed by atoms with Gasteiger partial charge in [0.2, 0.25) is 16.3 Å². The number of hydrogen-bond acceptors (Lipinski definition) is 2. The highest BCUT2D eigenvalue weighted by Crippen LogP contribution is 1.73. The molecule has 1 aromatic heterocycles. The second-order valence-corrected chi connectivity index (χ2v) is 3.24. The summed E-state index contributed by atoms with van der Waals surface area (Å²) in [7, 11) is 0. The predicted octanol–water partition coefficient (Wildman–Crippen LogP) is -1.47. The lowest BCUT2D eigenvalue weighted by Crippen LogP contribution is -2.35. The van der Waals surface area contributed by atoms with Gasteiger partial charge in [-0.15, -0.1) is 0 Å². The number of aromatic amines is 1. The summed E-state index contributed by atoms with van der Waals surface area (Å²) in [5.41, 5.74) is -0.715. The number of rotatable bonds is 0. The second kappa shape index (κ2) is 2.90. The second-order valence-electron chi connectivity index (χ2n) is 1.65. The van der Waals surface area contributed by atoms with Crippen LogP contribution >= 0.6 is 22.9 Å². The molecule has 6 heteroatoms. The fourth-order valence-electron chi connectivity index (χ4n) is 0.498. The lowest BCUT2D eigenvalue weighted by molar-refractivity contribution is 1.03. The molecule has 0 aliphatic rings. The zero-order chi connectivity index (χ0) is 7.72. The Morgan fingerprint density at radius 2 is 2.20 bits per heavy atom. The Bertz CT molecular complexity index is 324. The van der Waals surface area contributed by atoms with E-state index in [1.54, 1.807) is 22.9 Å². The SMILES string of the molecule is O=c1c[c]([Al])[nH]c(=O)n1I. The molecule has 0 fully saturated rings. The summed E-state index contributed by atoms with van der Waals surface area (Å²) >= 11 is 3.88. The van der Waals surface area contributed by atoms with E-state index in [0.717, 1.165) is 2.78 Å². The summed E-state index contributed by atoms with van der Waals surface area (Å²) in [6.45, 7) is 0. The van der Waals surface area contributed by atoms with Gasteiger partial charge in [-0.2, -0.15) is 2.78 Å². The van der Waals surface area contributed by atoms with Gasteiger partial charge in [0, 0.05) is 6.07 Å². The van der Waals surface area contributed by atoms with Gasteiger partial charge in [0.1, 0.15) is 0 Å². The number of aromatic nitrogens is 2. The third kappa shape index (κ3) is 1.51. The van der Waals surface area contributed by atoms with Crippen molar-refractivity contribution in [3.8, 4) is 0 Å². The summed E-state index contributed by atoms with van der Waals surface area (Å²) in [5.74, 6) is 0. The minimum Gasteiger partial charge on any atom is -0.329 e. The average molecular weight is 264 g/mol. The normalized spacial score (nSPS) is 9.70. The smallest absolute Gasteiger partial charge is 0.329 e. The highest BCUT2D eigenvalue weighted by Gasteiger charge is 1.94. The van der Waals surface area contributed by atoms with Crippen LogP contribution in [0.1, 0.15) is 0 Å². The van der Waals surface area contributed by atoms with E-state index < -0.39 is 5.69 Å². The molecule has 2 radical (unpaired) electrons. The molecule has 1 heterocycles. The maximum atomic E-state index is 10.8. The molecule has 0 unspecified atom stereocenters. The minimum atomic E-state index is -0.405. The highest BCUT2D eigenvalue weighted by molar-refractivity contribution is 14.1. The first-order chi connectivity index (χ1) is 4.61. The van der Waals surface area contributed by atoms with Gasteiger partial charge in [-0.05, 0) is 0 Å². The lowest BCUT2D eigenvalue weighted by Gasteiger charge is -1.93. The van der Waals surface area contributed by atoms with Crippen LogP contribution in [-0.2, 0) is 0 Å². The van der Waals surface area contributed by atoms with Crippen molar-refractivity contribution in [2.24, 2.45) is 0 Å². The van der Waals surface area contributed by atoms with Crippen LogP contribution in [0.2, 0.25) is 0 Å². The van der Waals surface area contributed by atoms with E-state index in [9.17, 15) is 9.59 Å². The fraction of sp³-hybridized carbons (Fsp3) is 0. The molecule has 50 valence electrons. The lowest BCUT2D eigenvalue weighted by atomic mass is 10.7. The molecule has 0 saturated carbocycles. The molecule has 0 aliphatic heterocycles. The molecule has 1 N–H and O–H groups in total. The Balaban J connectivity index is 3.62. The van der Waals surface area contributed by atoms with Gasteiger partial charge in [0.15, 0.2) is 0 Å². The van der Waals surface area contributed by atoms with E-state index in [4.69, 9.17) is 0 Å². The molecule has 10 heavy (non-hydrogen) atoms. The summed E-state index contributed by atoms with van der Waals surface area (Å²) in [6, 6.07) is 1.33. The van der Waals surface area contributed by atoms with E-state index in [0.29, 0.717) is 4.56 Å². The third-order valence-electron chi connectivity index (χ3n) is 0.902. The topological polar surface area (TPSA) is 54.9 Å². The molecule has 0 atom stereocenters. The Hall–Kier alpha value is -0.0575. The Morgan fingerprint density at radius 1 is 1.60 bits per heavy atom. The molecule has 0 aromatic carbocycles. The maximum absolute atomic E-state index is 10.8. The van der Waals surface area contributed by atoms with Crippen LogP contribution < -0.4 is 15.8 Å². The van der Waals surface area contributed by atoms with E-state index >= 15 is 0 Å². The maximum Gasteiger partial charge on any atom is 0.336 e. The van der Waals surface area contributed by atoms with Crippen molar-refractivity contribution < 1.29 is 0 Å². The van der Waals surface area contributed by atoms with Gasteiger partial charge in [-0.25, -0.2) is 4.79 Å². The van der Waals surface area contributed by atoms with E-state index in [1.807, 2.05) is 0 Å². The van der Waals surface area contributed by atoms with Crippen LogP contribution in [-0.4, -0.2) is 24.1 Å². The van der Waals surface area contributed by atoms with Crippen molar-refractivity contribution in [2.75, 3.05) is 0 Å². The quantitative estimate of drug-likeness (QED) is 0.459. The standard InChI is InChI=1S/C4H2IN2O2.Al/c5-7-3(8)1-2-6-4(7)9;/h1H,(H,6,9);. The molecule has 0 spiro atoms. The molecule has 0 bridgehead atoms. The van der Waals surface area contributed by atoms with Crippen LogP contribution in [0.25, 0.3) is 0 Å². The molecule has 0 amide bonds. The average Bonchev–Trinajstić information content (AvgIpc) is 1.82. The number of nitrogens with zero attached hydrogens (tertiary/aromatic N) is 1. The molecular weight excluding hydrogens is 262 g/mol. The number of nitrogens with one attached hydrogen (secondary N) is 1. The summed E-state index contributed by atoms with van der Waals surface area (Å²) in [5, 5.41) is 0. The van der Waals surface area contributed by atoms with Crippen molar-refractivity contribution in [3.63, 3.8) is 0 Å². The molecule has 0 saturated heterocycles. The first-order valence-corrected chi connectivity index (χ1v) is 3.93. The van der Waals surface area contributed by atoms with E-state index in [-0.39, 0.29) is 5.56 Å². The number of H-pyrrole nitrogens is 1. The molecule has 1 rings (SSSR count). The van der Waals surface area contributed by atoms with Gasteiger partial charge in [0.25, 0.3) is 5.56 Å². The zero-order valence-corrected chi connectivity index (χ0v) is 8.11. The monoisotopic (exact) mass is 264 g/mol. The van der Waals surface area contributed by atoms with E-state index in [1.165, 1.54) is 6.07 Å². The van der Waals surface area contributed by atoms with Crippen LogP contribution in [0.3, 0.4) is 0 Å².